The third-order valence-corrected chi connectivity index (χ3v) is 4.51. The topological polar surface area (TPSA) is 48.6 Å². The van der Waals surface area contributed by atoms with Gasteiger partial charge in [0.2, 0.25) is 0 Å². The molecule has 0 bridgehead atoms. The minimum atomic E-state index is 0.665. The largest absolute Gasteiger partial charge is 0.493 e. The predicted octanol–water partition coefficient (Wildman–Crippen LogP) is 5.31. The summed E-state index contributed by atoms with van der Waals surface area (Å²) in [5.41, 5.74) is 3.78. The third kappa shape index (κ3) is 4.04. The van der Waals surface area contributed by atoms with Crippen LogP contribution in [0.2, 0.25) is 0 Å². The molecule has 1 heterocycles. The number of ether oxygens (including phenoxy) is 2. The number of rotatable bonds is 6. The van der Waals surface area contributed by atoms with Crippen molar-refractivity contribution in [3.63, 3.8) is 0 Å². The maximum absolute atomic E-state index is 5.38. The smallest absolute Gasteiger partial charge is 0.161 e. The Labute approximate surface area is 169 Å². The molecule has 5 heteroatoms. The molecule has 1 aromatic heterocycles. The van der Waals surface area contributed by atoms with Crippen LogP contribution in [0.1, 0.15) is 5.56 Å². The summed E-state index contributed by atoms with van der Waals surface area (Å²) in [5, 5.41) is 4.78. The molecule has 0 radical (unpaired) electrons. The van der Waals surface area contributed by atoms with E-state index in [1.807, 2.05) is 89.6 Å². The summed E-state index contributed by atoms with van der Waals surface area (Å²) in [7, 11) is 3.24. The molecule has 5 nitrogen and oxygen atoms in total. The van der Waals surface area contributed by atoms with E-state index in [4.69, 9.17) is 19.6 Å². The summed E-state index contributed by atoms with van der Waals surface area (Å²) in [6, 6.07) is 27.7. The van der Waals surface area contributed by atoms with Crippen molar-refractivity contribution in [2.45, 2.75) is 0 Å². The lowest BCUT2D eigenvalue weighted by Crippen LogP contribution is -1.96. The van der Waals surface area contributed by atoms with E-state index in [-0.39, 0.29) is 0 Å². The molecule has 0 saturated heterocycles. The summed E-state index contributed by atoms with van der Waals surface area (Å²) in [6.45, 7) is 0. The van der Waals surface area contributed by atoms with Crippen molar-refractivity contribution < 1.29 is 9.47 Å². The van der Waals surface area contributed by atoms with Gasteiger partial charge in [0, 0.05) is 17.8 Å². The number of aliphatic imine (C=N–C) groups is 1. The number of aromatic nitrogens is 2. The summed E-state index contributed by atoms with van der Waals surface area (Å²) < 4.78 is 12.5. The second-order valence-electron chi connectivity index (χ2n) is 6.37. The van der Waals surface area contributed by atoms with Crippen LogP contribution in [0.3, 0.4) is 0 Å². The molecule has 29 heavy (non-hydrogen) atoms. The van der Waals surface area contributed by atoms with Crippen LogP contribution in [0.5, 0.6) is 11.5 Å². The van der Waals surface area contributed by atoms with E-state index in [0.717, 1.165) is 28.3 Å². The predicted molar refractivity (Wildman–Crippen MR) is 116 cm³/mol. The summed E-state index contributed by atoms with van der Waals surface area (Å²) in [5.74, 6) is 2.09. The van der Waals surface area contributed by atoms with Gasteiger partial charge < -0.3 is 9.47 Å². The van der Waals surface area contributed by atoms with Crippen molar-refractivity contribution in [1.82, 2.24) is 9.78 Å². The maximum Gasteiger partial charge on any atom is 0.161 e. The van der Waals surface area contributed by atoms with E-state index in [1.165, 1.54) is 0 Å². The molecule has 0 aliphatic heterocycles. The Morgan fingerprint density at radius 3 is 2.17 bits per heavy atom. The lowest BCUT2D eigenvalue weighted by Gasteiger charge is -2.07. The van der Waals surface area contributed by atoms with Crippen molar-refractivity contribution in [2.75, 3.05) is 14.2 Å². The second kappa shape index (κ2) is 8.44. The van der Waals surface area contributed by atoms with Crippen LogP contribution >= 0.6 is 0 Å². The SMILES string of the molecule is COc1ccc(/C=N/c2cc(-c3ccccc3)nn2-c2ccccc2)cc1OC. The Bertz CT molecular complexity index is 1120. The minimum absolute atomic E-state index is 0.665. The highest BCUT2D eigenvalue weighted by atomic mass is 16.5. The number of hydrogen-bond donors (Lipinski definition) is 0. The first kappa shape index (κ1) is 18.5. The summed E-state index contributed by atoms with van der Waals surface area (Å²) in [4.78, 5) is 4.71. The molecule has 0 aliphatic carbocycles. The molecular weight excluding hydrogens is 362 g/mol. The van der Waals surface area contributed by atoms with Crippen molar-refractivity contribution in [3.8, 4) is 28.4 Å². The summed E-state index contributed by atoms with van der Waals surface area (Å²) >= 11 is 0. The van der Waals surface area contributed by atoms with Crippen molar-refractivity contribution in [2.24, 2.45) is 4.99 Å². The number of nitrogens with zero attached hydrogens (tertiary/aromatic N) is 3. The van der Waals surface area contributed by atoms with E-state index in [9.17, 15) is 0 Å². The van der Waals surface area contributed by atoms with Gasteiger partial charge in [-0.15, -0.1) is 0 Å². The van der Waals surface area contributed by atoms with E-state index in [0.29, 0.717) is 11.5 Å². The zero-order valence-corrected chi connectivity index (χ0v) is 16.3. The fourth-order valence-electron chi connectivity index (χ4n) is 3.05. The van der Waals surface area contributed by atoms with Gasteiger partial charge in [0.05, 0.1) is 25.6 Å². The van der Waals surface area contributed by atoms with Crippen LogP contribution in [0.4, 0.5) is 5.82 Å². The number of para-hydroxylation sites is 1. The third-order valence-electron chi connectivity index (χ3n) is 4.51. The molecule has 0 spiro atoms. The van der Waals surface area contributed by atoms with Gasteiger partial charge in [-0.25, -0.2) is 9.67 Å². The van der Waals surface area contributed by atoms with Crippen LogP contribution in [-0.2, 0) is 0 Å². The highest BCUT2D eigenvalue weighted by Gasteiger charge is 2.10. The molecule has 0 amide bonds. The van der Waals surface area contributed by atoms with Crippen LogP contribution in [0.25, 0.3) is 16.9 Å². The molecule has 0 aliphatic rings. The van der Waals surface area contributed by atoms with Crippen LogP contribution in [0, 0.1) is 0 Å². The first-order valence-electron chi connectivity index (χ1n) is 9.25. The van der Waals surface area contributed by atoms with Crippen LogP contribution in [0.15, 0.2) is 89.9 Å². The first-order chi connectivity index (χ1) is 14.3. The fraction of sp³-hybridized carbons (Fsp3) is 0.0833. The van der Waals surface area contributed by atoms with E-state index in [1.54, 1.807) is 20.4 Å². The van der Waals surface area contributed by atoms with Crippen LogP contribution in [-0.4, -0.2) is 30.2 Å². The molecular formula is C24H21N3O2. The molecule has 0 saturated carbocycles. The van der Waals surface area contributed by atoms with Crippen LogP contribution < -0.4 is 9.47 Å². The van der Waals surface area contributed by atoms with Gasteiger partial charge in [0.25, 0.3) is 0 Å². The number of benzene rings is 3. The Morgan fingerprint density at radius 1 is 0.793 bits per heavy atom. The normalized spacial score (nSPS) is 11.0. The van der Waals surface area contributed by atoms with Crippen molar-refractivity contribution in [3.05, 3.63) is 90.5 Å². The Balaban J connectivity index is 1.74. The molecule has 0 atom stereocenters. The van der Waals surface area contributed by atoms with Crippen molar-refractivity contribution >= 4 is 12.0 Å². The lowest BCUT2D eigenvalue weighted by molar-refractivity contribution is 0.355. The zero-order valence-electron chi connectivity index (χ0n) is 16.3. The molecule has 0 fully saturated rings. The Hall–Kier alpha value is -3.86. The highest BCUT2D eigenvalue weighted by Crippen LogP contribution is 2.29. The zero-order chi connectivity index (χ0) is 20.1. The molecule has 144 valence electrons. The van der Waals surface area contributed by atoms with E-state index < -0.39 is 0 Å². The summed E-state index contributed by atoms with van der Waals surface area (Å²) in [6.07, 6.45) is 1.80. The number of methoxy groups -OCH3 is 2. The van der Waals surface area contributed by atoms with Gasteiger partial charge in [0.1, 0.15) is 0 Å². The quantitative estimate of drug-likeness (QED) is 0.424. The van der Waals surface area contributed by atoms with Gasteiger partial charge in [-0.1, -0.05) is 48.5 Å². The monoisotopic (exact) mass is 383 g/mol. The molecule has 3 aromatic carbocycles. The first-order valence-corrected chi connectivity index (χ1v) is 9.25. The fourth-order valence-corrected chi connectivity index (χ4v) is 3.05. The van der Waals surface area contributed by atoms with Gasteiger partial charge in [-0.3, -0.25) is 0 Å². The number of hydrogen-bond acceptors (Lipinski definition) is 4. The van der Waals surface area contributed by atoms with Gasteiger partial charge in [0.15, 0.2) is 17.3 Å². The molecule has 0 N–H and O–H groups in total. The van der Waals surface area contributed by atoms with Crippen molar-refractivity contribution in [1.29, 1.82) is 0 Å². The molecule has 4 rings (SSSR count). The van der Waals surface area contributed by atoms with Gasteiger partial charge in [-0.05, 0) is 35.9 Å². The lowest BCUT2D eigenvalue weighted by atomic mass is 10.1. The average molecular weight is 383 g/mol. The van der Waals surface area contributed by atoms with Gasteiger partial charge >= 0.3 is 0 Å². The molecule has 0 unspecified atom stereocenters. The Morgan fingerprint density at radius 2 is 1.48 bits per heavy atom. The maximum atomic E-state index is 5.38. The molecule has 4 aromatic rings. The van der Waals surface area contributed by atoms with Gasteiger partial charge in [-0.2, -0.15) is 5.10 Å². The van der Waals surface area contributed by atoms with E-state index in [2.05, 4.69) is 0 Å². The second-order valence-corrected chi connectivity index (χ2v) is 6.37. The Kier molecular flexibility index (Phi) is 5.38. The highest BCUT2D eigenvalue weighted by molar-refractivity contribution is 5.83. The average Bonchev–Trinajstić information content (AvgIpc) is 3.23. The standard InChI is InChI=1S/C24H21N3O2/c1-28-22-14-13-18(15-23(22)29-2)17-25-24-16-21(19-9-5-3-6-10-19)26-27(24)20-11-7-4-8-12-20/h3-17H,1-2H3/b25-17+. The minimum Gasteiger partial charge on any atom is -0.493 e. The van der Waals surface area contributed by atoms with E-state index >= 15 is 0 Å².